The summed E-state index contributed by atoms with van der Waals surface area (Å²) in [6.45, 7) is 6.35. The van der Waals surface area contributed by atoms with E-state index in [1.807, 2.05) is 24.3 Å². The molecule has 2 N–H and O–H groups in total. The van der Waals surface area contributed by atoms with Gasteiger partial charge in [-0.2, -0.15) is 0 Å². The van der Waals surface area contributed by atoms with Crippen molar-refractivity contribution in [1.29, 1.82) is 0 Å². The number of amides is 2. The molecule has 108 valence electrons. The highest BCUT2D eigenvalue weighted by Crippen LogP contribution is 2.29. The van der Waals surface area contributed by atoms with Crippen molar-refractivity contribution in [1.82, 2.24) is 5.32 Å². The minimum absolute atomic E-state index is 0.00995. The van der Waals surface area contributed by atoms with Gasteiger partial charge in [0.05, 0.1) is 6.54 Å². The number of para-hydroxylation sites is 1. The Hall–Kier alpha value is -1.84. The van der Waals surface area contributed by atoms with Crippen molar-refractivity contribution in [2.75, 3.05) is 11.9 Å². The van der Waals surface area contributed by atoms with Crippen LogP contribution < -0.4 is 10.6 Å². The molecular formula is C16H22N2O2. The van der Waals surface area contributed by atoms with Crippen LogP contribution in [0.2, 0.25) is 0 Å². The Morgan fingerprint density at radius 3 is 2.45 bits per heavy atom. The molecule has 1 aliphatic rings. The molecule has 0 radical (unpaired) electrons. The molecule has 0 heterocycles. The smallest absolute Gasteiger partial charge is 0.243 e. The molecule has 20 heavy (non-hydrogen) atoms. The molecule has 2 amide bonds. The summed E-state index contributed by atoms with van der Waals surface area (Å²) >= 11 is 0. The Kier molecular flexibility index (Phi) is 4.12. The highest BCUT2D eigenvalue weighted by atomic mass is 16.2. The Labute approximate surface area is 119 Å². The maximum atomic E-state index is 11.9. The molecule has 1 aliphatic carbocycles. The number of benzene rings is 1. The van der Waals surface area contributed by atoms with E-state index in [2.05, 4.69) is 31.4 Å². The van der Waals surface area contributed by atoms with E-state index in [1.54, 1.807) is 0 Å². The van der Waals surface area contributed by atoms with Crippen LogP contribution in [0, 0.1) is 5.92 Å². The lowest BCUT2D eigenvalue weighted by atomic mass is 9.86. The Balaban J connectivity index is 1.95. The van der Waals surface area contributed by atoms with Crippen molar-refractivity contribution in [3.63, 3.8) is 0 Å². The Morgan fingerprint density at radius 1 is 1.20 bits per heavy atom. The van der Waals surface area contributed by atoms with E-state index < -0.39 is 0 Å². The zero-order valence-corrected chi connectivity index (χ0v) is 12.3. The van der Waals surface area contributed by atoms with Gasteiger partial charge in [-0.3, -0.25) is 9.59 Å². The van der Waals surface area contributed by atoms with E-state index in [0.717, 1.165) is 24.1 Å². The van der Waals surface area contributed by atoms with Crippen molar-refractivity contribution < 1.29 is 9.59 Å². The predicted molar refractivity (Wildman–Crippen MR) is 79.5 cm³/mol. The van der Waals surface area contributed by atoms with Crippen LogP contribution >= 0.6 is 0 Å². The number of nitrogens with one attached hydrogen (secondary N) is 2. The normalized spacial score (nSPS) is 14.8. The van der Waals surface area contributed by atoms with Crippen LogP contribution in [0.1, 0.15) is 39.2 Å². The summed E-state index contributed by atoms with van der Waals surface area (Å²) < 4.78 is 0. The molecule has 4 heteroatoms. The van der Waals surface area contributed by atoms with Crippen molar-refractivity contribution in [3.05, 3.63) is 29.8 Å². The van der Waals surface area contributed by atoms with Gasteiger partial charge in [0.25, 0.3) is 0 Å². The molecule has 0 aromatic heterocycles. The van der Waals surface area contributed by atoms with E-state index in [0.29, 0.717) is 0 Å². The second-order valence-electron chi connectivity index (χ2n) is 6.34. The van der Waals surface area contributed by atoms with Crippen molar-refractivity contribution in [3.8, 4) is 0 Å². The van der Waals surface area contributed by atoms with Gasteiger partial charge in [-0.15, -0.1) is 0 Å². The number of anilines is 1. The molecule has 1 aromatic rings. The lowest BCUT2D eigenvalue weighted by Gasteiger charge is -2.23. The Morgan fingerprint density at radius 2 is 1.85 bits per heavy atom. The predicted octanol–water partition coefficient (Wildman–Crippen LogP) is 2.45. The summed E-state index contributed by atoms with van der Waals surface area (Å²) in [5.74, 6) is -0.0652. The highest BCUT2D eigenvalue weighted by Gasteiger charge is 2.29. The van der Waals surface area contributed by atoms with Crippen LogP contribution in [0.25, 0.3) is 0 Å². The zero-order chi connectivity index (χ0) is 14.8. The van der Waals surface area contributed by atoms with Crippen LogP contribution in [0.5, 0.6) is 0 Å². The van der Waals surface area contributed by atoms with Gasteiger partial charge >= 0.3 is 0 Å². The van der Waals surface area contributed by atoms with E-state index in [9.17, 15) is 9.59 Å². The number of rotatable bonds is 4. The maximum absolute atomic E-state index is 11.9. The second-order valence-corrected chi connectivity index (χ2v) is 6.34. The van der Waals surface area contributed by atoms with Gasteiger partial charge in [-0.05, 0) is 29.9 Å². The largest absolute Gasteiger partial charge is 0.347 e. The lowest BCUT2D eigenvalue weighted by molar-refractivity contribution is -0.125. The average molecular weight is 274 g/mol. The molecule has 0 aliphatic heterocycles. The minimum Gasteiger partial charge on any atom is -0.347 e. The molecule has 0 atom stereocenters. The first-order chi connectivity index (χ1) is 9.38. The summed E-state index contributed by atoms with van der Waals surface area (Å²) in [6, 6.07) is 7.76. The van der Waals surface area contributed by atoms with Gasteiger partial charge in [-0.1, -0.05) is 39.0 Å². The van der Waals surface area contributed by atoms with Crippen LogP contribution in [0.3, 0.4) is 0 Å². The first-order valence-corrected chi connectivity index (χ1v) is 7.05. The van der Waals surface area contributed by atoms with Gasteiger partial charge in [0.15, 0.2) is 0 Å². The van der Waals surface area contributed by atoms with Gasteiger partial charge in [0.1, 0.15) is 0 Å². The number of carbonyl (C=O) groups is 2. The quantitative estimate of drug-likeness (QED) is 0.886. The van der Waals surface area contributed by atoms with Crippen LogP contribution in [-0.4, -0.2) is 18.4 Å². The minimum atomic E-state index is -0.185. The van der Waals surface area contributed by atoms with E-state index in [-0.39, 0.29) is 29.7 Å². The number of carbonyl (C=O) groups excluding carboxylic acids is 2. The molecule has 0 bridgehead atoms. The Bertz CT molecular complexity index is 513. The third kappa shape index (κ3) is 3.83. The fraction of sp³-hybridized carbons (Fsp3) is 0.500. The van der Waals surface area contributed by atoms with E-state index >= 15 is 0 Å². The van der Waals surface area contributed by atoms with Crippen LogP contribution in [0.4, 0.5) is 5.69 Å². The maximum Gasteiger partial charge on any atom is 0.243 e. The van der Waals surface area contributed by atoms with Crippen molar-refractivity contribution >= 4 is 17.5 Å². The molecular weight excluding hydrogens is 252 g/mol. The molecule has 2 rings (SSSR count). The summed E-state index contributed by atoms with van der Waals surface area (Å²) in [7, 11) is 0. The molecule has 1 fully saturated rings. The second kappa shape index (κ2) is 5.65. The summed E-state index contributed by atoms with van der Waals surface area (Å²) in [5, 5.41) is 5.55. The van der Waals surface area contributed by atoms with Gasteiger partial charge in [0.2, 0.25) is 11.8 Å². The number of hydrogen-bond acceptors (Lipinski definition) is 2. The summed E-state index contributed by atoms with van der Waals surface area (Å²) in [6.07, 6.45) is 1.89. The first kappa shape index (κ1) is 14.6. The van der Waals surface area contributed by atoms with Gasteiger partial charge in [-0.25, -0.2) is 0 Å². The molecule has 4 nitrogen and oxygen atoms in total. The van der Waals surface area contributed by atoms with Crippen molar-refractivity contribution in [2.45, 2.75) is 39.0 Å². The van der Waals surface area contributed by atoms with Crippen LogP contribution in [-0.2, 0) is 15.0 Å². The lowest BCUT2D eigenvalue weighted by Crippen LogP contribution is -2.34. The third-order valence-electron chi connectivity index (χ3n) is 3.38. The summed E-state index contributed by atoms with van der Waals surface area (Å²) in [4.78, 5) is 23.4. The standard InChI is InChI=1S/C16H22N2O2/c1-16(2,3)12-6-4-5-7-13(12)18-14(19)10-17-15(20)11-8-9-11/h4-7,11H,8-10H2,1-3H3,(H,17,20)(H,18,19). The third-order valence-corrected chi connectivity index (χ3v) is 3.38. The van der Waals surface area contributed by atoms with Gasteiger partial charge < -0.3 is 10.6 Å². The monoisotopic (exact) mass is 274 g/mol. The van der Waals surface area contributed by atoms with Crippen LogP contribution in [0.15, 0.2) is 24.3 Å². The average Bonchev–Trinajstić information content (AvgIpc) is 3.19. The SMILES string of the molecule is CC(C)(C)c1ccccc1NC(=O)CNC(=O)C1CC1. The first-order valence-electron chi connectivity index (χ1n) is 7.05. The molecule has 1 aromatic carbocycles. The molecule has 0 spiro atoms. The molecule has 0 saturated heterocycles. The molecule has 0 unspecified atom stereocenters. The van der Waals surface area contributed by atoms with Crippen molar-refractivity contribution in [2.24, 2.45) is 5.92 Å². The highest BCUT2D eigenvalue weighted by molar-refractivity contribution is 5.95. The molecule has 1 saturated carbocycles. The topological polar surface area (TPSA) is 58.2 Å². The van der Waals surface area contributed by atoms with E-state index in [4.69, 9.17) is 0 Å². The zero-order valence-electron chi connectivity index (χ0n) is 12.3. The van der Waals surface area contributed by atoms with Gasteiger partial charge in [0, 0.05) is 11.6 Å². The fourth-order valence-electron chi connectivity index (χ4n) is 2.10. The fourth-order valence-corrected chi connectivity index (χ4v) is 2.10. The summed E-state index contributed by atoms with van der Waals surface area (Å²) in [5.41, 5.74) is 1.86. The number of hydrogen-bond donors (Lipinski definition) is 2. The van der Waals surface area contributed by atoms with E-state index in [1.165, 1.54) is 0 Å².